The summed E-state index contributed by atoms with van der Waals surface area (Å²) in [6.07, 6.45) is 5.60. The van der Waals surface area contributed by atoms with E-state index in [0.717, 1.165) is 11.4 Å². The summed E-state index contributed by atoms with van der Waals surface area (Å²) in [5, 5.41) is 9.12. The van der Waals surface area contributed by atoms with Crippen LogP contribution in [0.25, 0.3) is 0 Å². The van der Waals surface area contributed by atoms with Crippen LogP contribution < -0.4 is 5.32 Å². The number of aromatic amines is 1. The average molecular weight is 213 g/mol. The van der Waals surface area contributed by atoms with Crippen molar-refractivity contribution in [2.75, 3.05) is 16.8 Å². The number of nitrogens with one attached hydrogen (secondary N) is 2. The zero-order valence-electron chi connectivity index (χ0n) is 8.25. The lowest BCUT2D eigenvalue weighted by Crippen LogP contribution is -2.13. The van der Waals surface area contributed by atoms with E-state index >= 15 is 0 Å². The molecule has 14 heavy (non-hydrogen) atoms. The Balaban J connectivity index is 2.11. The fourth-order valence-corrected chi connectivity index (χ4v) is 1.82. The molecule has 4 nitrogen and oxygen atoms in total. The van der Waals surface area contributed by atoms with Crippen molar-refractivity contribution in [3.05, 3.63) is 12.4 Å². The number of nitrogens with zero attached hydrogens (tertiary/aromatic N) is 1. The largest absolute Gasteiger partial charge is 0.323 e. The number of H-pyrrole nitrogens is 1. The van der Waals surface area contributed by atoms with Crippen molar-refractivity contribution in [1.29, 1.82) is 0 Å². The molecule has 0 unspecified atom stereocenters. The first-order valence-corrected chi connectivity index (χ1v) is 5.84. The molecule has 1 rings (SSSR count). The highest BCUT2D eigenvalue weighted by Crippen LogP contribution is 2.06. The molecule has 5 heteroatoms. The Hall–Kier alpha value is -0.970. The van der Waals surface area contributed by atoms with Gasteiger partial charge < -0.3 is 5.32 Å². The van der Waals surface area contributed by atoms with Gasteiger partial charge in [-0.1, -0.05) is 13.3 Å². The van der Waals surface area contributed by atoms with Gasteiger partial charge in [-0.2, -0.15) is 16.9 Å². The fourth-order valence-electron chi connectivity index (χ4n) is 0.928. The van der Waals surface area contributed by atoms with Crippen molar-refractivity contribution in [1.82, 2.24) is 10.2 Å². The van der Waals surface area contributed by atoms with E-state index in [9.17, 15) is 4.79 Å². The van der Waals surface area contributed by atoms with Gasteiger partial charge in [0.15, 0.2) is 0 Å². The van der Waals surface area contributed by atoms with E-state index < -0.39 is 0 Å². The van der Waals surface area contributed by atoms with E-state index in [0.29, 0.717) is 5.75 Å². The van der Waals surface area contributed by atoms with Crippen LogP contribution in [-0.2, 0) is 4.79 Å². The van der Waals surface area contributed by atoms with Crippen molar-refractivity contribution in [2.24, 2.45) is 0 Å². The van der Waals surface area contributed by atoms with Gasteiger partial charge in [-0.05, 0) is 12.2 Å². The molecule has 0 saturated carbocycles. The van der Waals surface area contributed by atoms with Crippen LogP contribution in [0.2, 0.25) is 0 Å². The summed E-state index contributed by atoms with van der Waals surface area (Å²) in [7, 11) is 0. The summed E-state index contributed by atoms with van der Waals surface area (Å²) < 4.78 is 0. The zero-order chi connectivity index (χ0) is 10.2. The number of hydrogen-bond acceptors (Lipinski definition) is 3. The number of carbonyl (C=O) groups excluding carboxylic acids is 1. The van der Waals surface area contributed by atoms with E-state index in [1.54, 1.807) is 24.2 Å². The number of aromatic nitrogens is 2. The van der Waals surface area contributed by atoms with Crippen LogP contribution in [-0.4, -0.2) is 27.6 Å². The van der Waals surface area contributed by atoms with Gasteiger partial charge in [-0.3, -0.25) is 9.89 Å². The number of rotatable bonds is 6. The molecule has 1 amide bonds. The molecule has 0 atom stereocenters. The Bertz CT molecular complexity index is 261. The van der Waals surface area contributed by atoms with E-state index in [1.165, 1.54) is 12.8 Å². The van der Waals surface area contributed by atoms with Crippen molar-refractivity contribution in [2.45, 2.75) is 19.8 Å². The van der Waals surface area contributed by atoms with Gasteiger partial charge in [0.25, 0.3) is 0 Å². The number of unbranched alkanes of at least 4 members (excludes halogenated alkanes) is 1. The van der Waals surface area contributed by atoms with Gasteiger partial charge >= 0.3 is 0 Å². The Labute approximate surface area is 87.9 Å². The third kappa shape index (κ3) is 4.32. The smallest absolute Gasteiger partial charge is 0.234 e. The van der Waals surface area contributed by atoms with Crippen molar-refractivity contribution >= 4 is 23.4 Å². The molecule has 0 aliphatic carbocycles. The van der Waals surface area contributed by atoms with Gasteiger partial charge in [-0.25, -0.2) is 0 Å². The third-order valence-corrected chi connectivity index (χ3v) is 2.70. The lowest BCUT2D eigenvalue weighted by atomic mass is 10.4. The molecule has 1 aromatic heterocycles. The molecule has 1 aromatic rings. The quantitative estimate of drug-likeness (QED) is 0.709. The van der Waals surface area contributed by atoms with E-state index in [-0.39, 0.29) is 5.91 Å². The minimum atomic E-state index is 0.0347. The summed E-state index contributed by atoms with van der Waals surface area (Å²) in [6.45, 7) is 2.14. The van der Waals surface area contributed by atoms with Crippen LogP contribution in [0.5, 0.6) is 0 Å². The maximum Gasteiger partial charge on any atom is 0.234 e. The van der Waals surface area contributed by atoms with Gasteiger partial charge in [-0.15, -0.1) is 0 Å². The van der Waals surface area contributed by atoms with Crippen LogP contribution >= 0.6 is 11.8 Å². The monoisotopic (exact) mass is 213 g/mol. The molecule has 0 saturated heterocycles. The fraction of sp³-hybridized carbons (Fsp3) is 0.556. The Morgan fingerprint density at radius 1 is 1.71 bits per heavy atom. The molecule has 0 aromatic carbocycles. The van der Waals surface area contributed by atoms with E-state index in [1.807, 2.05) is 0 Å². The second kappa shape index (κ2) is 6.48. The van der Waals surface area contributed by atoms with Crippen LogP contribution in [0.15, 0.2) is 12.4 Å². The molecule has 0 radical (unpaired) electrons. The summed E-state index contributed by atoms with van der Waals surface area (Å²) in [5.74, 6) is 1.60. The van der Waals surface area contributed by atoms with E-state index in [4.69, 9.17) is 0 Å². The number of carbonyl (C=O) groups is 1. The van der Waals surface area contributed by atoms with Crippen molar-refractivity contribution in [3.63, 3.8) is 0 Å². The van der Waals surface area contributed by atoms with Crippen LogP contribution in [0.1, 0.15) is 19.8 Å². The molecule has 1 heterocycles. The summed E-state index contributed by atoms with van der Waals surface area (Å²) in [5.41, 5.74) is 0.728. The maximum absolute atomic E-state index is 11.3. The van der Waals surface area contributed by atoms with Crippen molar-refractivity contribution in [3.8, 4) is 0 Å². The standard InChI is InChI=1S/C9H15N3OS/c1-2-3-4-14-7-9(13)12-8-5-10-11-6-8/h5-6H,2-4,7H2,1H3,(H,10,11)(H,12,13). The lowest BCUT2D eigenvalue weighted by molar-refractivity contribution is -0.113. The molecular formula is C9H15N3OS. The third-order valence-electron chi connectivity index (χ3n) is 1.66. The molecule has 0 fully saturated rings. The molecule has 2 N–H and O–H groups in total. The number of hydrogen-bond donors (Lipinski definition) is 2. The van der Waals surface area contributed by atoms with Crippen LogP contribution in [0.3, 0.4) is 0 Å². The number of amides is 1. The van der Waals surface area contributed by atoms with Crippen LogP contribution in [0, 0.1) is 0 Å². The molecule has 0 aliphatic heterocycles. The summed E-state index contributed by atoms with van der Waals surface area (Å²) in [6, 6.07) is 0. The van der Waals surface area contributed by atoms with Gasteiger partial charge in [0.05, 0.1) is 17.6 Å². The van der Waals surface area contributed by atoms with Gasteiger partial charge in [0.2, 0.25) is 5.91 Å². The molecule has 0 spiro atoms. The maximum atomic E-state index is 11.3. The van der Waals surface area contributed by atoms with E-state index in [2.05, 4.69) is 22.4 Å². The Morgan fingerprint density at radius 2 is 2.57 bits per heavy atom. The summed E-state index contributed by atoms with van der Waals surface area (Å²) >= 11 is 1.67. The number of anilines is 1. The minimum absolute atomic E-state index is 0.0347. The minimum Gasteiger partial charge on any atom is -0.323 e. The molecule has 78 valence electrons. The first-order valence-electron chi connectivity index (χ1n) is 4.69. The normalized spacial score (nSPS) is 10.1. The first-order chi connectivity index (χ1) is 6.83. The van der Waals surface area contributed by atoms with Crippen molar-refractivity contribution < 1.29 is 4.79 Å². The second-order valence-corrected chi connectivity index (χ2v) is 4.05. The Morgan fingerprint density at radius 3 is 3.21 bits per heavy atom. The first kappa shape index (κ1) is 11.1. The second-order valence-electron chi connectivity index (χ2n) is 2.94. The molecule has 0 bridgehead atoms. The lowest BCUT2D eigenvalue weighted by Gasteiger charge is -2.01. The SMILES string of the molecule is CCCCSCC(=O)Nc1cn[nH]c1. The topological polar surface area (TPSA) is 57.8 Å². The van der Waals surface area contributed by atoms with Gasteiger partial charge in [0.1, 0.15) is 0 Å². The highest BCUT2D eigenvalue weighted by atomic mass is 32.2. The highest BCUT2D eigenvalue weighted by Gasteiger charge is 2.02. The Kier molecular flexibility index (Phi) is 5.14. The number of thioether (sulfide) groups is 1. The van der Waals surface area contributed by atoms with Crippen LogP contribution in [0.4, 0.5) is 5.69 Å². The predicted molar refractivity (Wildman–Crippen MR) is 59.5 cm³/mol. The van der Waals surface area contributed by atoms with Gasteiger partial charge in [0, 0.05) is 6.20 Å². The summed E-state index contributed by atoms with van der Waals surface area (Å²) in [4.78, 5) is 11.3. The predicted octanol–water partition coefficient (Wildman–Crippen LogP) is 1.88. The molecule has 0 aliphatic rings. The average Bonchev–Trinajstić information content (AvgIpc) is 2.65. The molecular weight excluding hydrogens is 198 g/mol. The highest BCUT2D eigenvalue weighted by molar-refractivity contribution is 7.99. The zero-order valence-corrected chi connectivity index (χ0v) is 9.06.